The fourth-order valence-corrected chi connectivity index (χ4v) is 5.76. The molecule has 1 N–H and O–H groups in total. The molecule has 0 saturated heterocycles. The van der Waals surface area contributed by atoms with Crippen LogP contribution in [0.15, 0.2) is 97.1 Å². The van der Waals surface area contributed by atoms with Crippen molar-refractivity contribution < 1.29 is 9.49 Å². The van der Waals surface area contributed by atoms with E-state index in [1.54, 1.807) is 12.1 Å². The highest BCUT2D eigenvalue weighted by Crippen LogP contribution is 2.42. The summed E-state index contributed by atoms with van der Waals surface area (Å²) < 4.78 is 14.4. The predicted octanol–water partition coefficient (Wildman–Crippen LogP) is 5.90. The van der Waals surface area contributed by atoms with Gasteiger partial charge < -0.3 is 0 Å². The highest BCUT2D eigenvalue weighted by Gasteiger charge is 2.30. The zero-order valence-corrected chi connectivity index (χ0v) is 18.4. The summed E-state index contributed by atoms with van der Waals surface area (Å²) in [6, 6.07) is 24.9. The van der Waals surface area contributed by atoms with Crippen molar-refractivity contribution in [2.75, 3.05) is 0 Å². The Bertz CT molecular complexity index is 1010. The average molecular weight is 434 g/mol. The number of nitro groups is 1. The van der Waals surface area contributed by atoms with Gasteiger partial charge in [-0.3, -0.25) is 14.7 Å². The molecule has 0 aliphatic heterocycles. The van der Waals surface area contributed by atoms with Crippen LogP contribution in [0.5, 0.6) is 0 Å². The molecule has 160 valence electrons. The lowest BCUT2D eigenvalue weighted by Gasteiger charge is -2.26. The second kappa shape index (κ2) is 10.9. The zero-order valence-electron chi connectivity index (χ0n) is 17.6. The van der Waals surface area contributed by atoms with Gasteiger partial charge >= 0.3 is 0 Å². The molecule has 5 nitrogen and oxygen atoms in total. The highest BCUT2D eigenvalue weighted by molar-refractivity contribution is 7.76. The lowest BCUT2D eigenvalue weighted by molar-refractivity contribution is -0.384. The fraction of sp³-hybridized carbons (Fsp3) is 0.200. The Morgan fingerprint density at radius 1 is 0.935 bits per heavy atom. The Kier molecular flexibility index (Phi) is 7.94. The molecule has 1 atom stereocenters. The molecule has 0 aromatic heterocycles. The third-order valence-electron chi connectivity index (χ3n) is 5.08. The largest absolute Gasteiger partial charge is 0.296 e. The number of rotatable bonds is 10. The summed E-state index contributed by atoms with van der Waals surface area (Å²) in [5, 5.41) is 15.9. The van der Waals surface area contributed by atoms with Crippen LogP contribution in [0.1, 0.15) is 37.8 Å². The number of allylic oxidation sites excluding steroid dienone is 1. The van der Waals surface area contributed by atoms with Crippen molar-refractivity contribution in [1.29, 1.82) is 0 Å². The van der Waals surface area contributed by atoms with Gasteiger partial charge in [0.15, 0.2) is 0 Å². The third kappa shape index (κ3) is 5.78. The third-order valence-corrected chi connectivity index (χ3v) is 7.77. The number of non-ortho nitro benzene ring substituents is 1. The number of benzene rings is 3. The topological polar surface area (TPSA) is 72.2 Å². The molecule has 0 aliphatic carbocycles. The van der Waals surface area contributed by atoms with E-state index in [1.807, 2.05) is 66.7 Å². The first-order chi connectivity index (χ1) is 15.0. The molecule has 0 heterocycles. The second-order valence-corrected chi connectivity index (χ2v) is 9.82. The minimum atomic E-state index is -3.17. The standard InChI is InChI=1S/C25H27N2O3P/c1-2-3-4-11-16-25(21-17-19-22(20-18-21)27(28)29)26-31(30,23-12-7-5-8-13-23)24-14-9-6-10-15-24/h5-20,25H,2-4H2,1H3,(H,26,30)/b16-11+. The zero-order chi connectivity index (χ0) is 22.1. The van der Waals surface area contributed by atoms with Gasteiger partial charge in [0.1, 0.15) is 0 Å². The normalized spacial score (nSPS) is 12.7. The molecular formula is C25H27N2O3P. The predicted molar refractivity (Wildman–Crippen MR) is 127 cm³/mol. The molecule has 31 heavy (non-hydrogen) atoms. The molecule has 0 radical (unpaired) electrons. The van der Waals surface area contributed by atoms with Crippen molar-refractivity contribution in [3.8, 4) is 0 Å². The molecule has 0 spiro atoms. The van der Waals surface area contributed by atoms with Gasteiger partial charge in [-0.15, -0.1) is 0 Å². The summed E-state index contributed by atoms with van der Waals surface area (Å²) in [5.41, 5.74) is 0.859. The minimum Gasteiger partial charge on any atom is -0.296 e. The maximum atomic E-state index is 14.4. The van der Waals surface area contributed by atoms with E-state index in [1.165, 1.54) is 12.1 Å². The molecule has 0 saturated carbocycles. The van der Waals surface area contributed by atoms with E-state index in [2.05, 4.69) is 18.1 Å². The van der Waals surface area contributed by atoms with E-state index in [9.17, 15) is 14.7 Å². The Morgan fingerprint density at radius 2 is 1.48 bits per heavy atom. The van der Waals surface area contributed by atoms with Crippen molar-refractivity contribution in [2.24, 2.45) is 0 Å². The molecule has 3 aromatic carbocycles. The highest BCUT2D eigenvalue weighted by atomic mass is 31.2. The monoisotopic (exact) mass is 434 g/mol. The number of nitro benzene ring substituents is 1. The molecule has 6 heteroatoms. The van der Waals surface area contributed by atoms with E-state index >= 15 is 0 Å². The average Bonchev–Trinajstić information content (AvgIpc) is 2.82. The lowest BCUT2D eigenvalue weighted by Crippen LogP contribution is -2.30. The first-order valence-corrected chi connectivity index (χ1v) is 12.2. The summed E-state index contributed by atoms with van der Waals surface area (Å²) in [4.78, 5) is 10.6. The first-order valence-electron chi connectivity index (χ1n) is 10.4. The number of unbranched alkanes of at least 4 members (excludes halogenated alkanes) is 2. The molecule has 0 aliphatic rings. The molecular weight excluding hydrogens is 407 g/mol. The maximum absolute atomic E-state index is 14.4. The Morgan fingerprint density at radius 3 is 1.97 bits per heavy atom. The van der Waals surface area contributed by atoms with Crippen LogP contribution in [0.3, 0.4) is 0 Å². The Balaban J connectivity index is 2.02. The summed E-state index contributed by atoms with van der Waals surface area (Å²) in [6.07, 6.45) is 7.17. The summed E-state index contributed by atoms with van der Waals surface area (Å²) in [6.45, 7) is 2.14. The van der Waals surface area contributed by atoms with Crippen LogP contribution in [0.25, 0.3) is 0 Å². The van der Waals surface area contributed by atoms with E-state index in [0.717, 1.165) is 35.4 Å². The van der Waals surface area contributed by atoms with E-state index in [-0.39, 0.29) is 11.7 Å². The number of hydrogen-bond acceptors (Lipinski definition) is 3. The van der Waals surface area contributed by atoms with Crippen molar-refractivity contribution in [1.82, 2.24) is 5.09 Å². The molecule has 0 bridgehead atoms. The van der Waals surface area contributed by atoms with Gasteiger partial charge in [0.25, 0.3) is 5.69 Å². The van der Waals surface area contributed by atoms with Crippen molar-refractivity contribution in [2.45, 2.75) is 32.2 Å². The van der Waals surface area contributed by atoms with Crippen LogP contribution in [0, 0.1) is 10.1 Å². The molecule has 1 unspecified atom stereocenters. The Hall–Kier alpha value is -3.01. The van der Waals surface area contributed by atoms with Gasteiger partial charge in [-0.2, -0.15) is 0 Å². The van der Waals surface area contributed by atoms with Gasteiger partial charge in [-0.05, 0) is 36.2 Å². The van der Waals surface area contributed by atoms with Crippen molar-refractivity contribution in [3.63, 3.8) is 0 Å². The number of nitrogens with zero attached hydrogens (tertiary/aromatic N) is 1. The quantitative estimate of drug-likeness (QED) is 0.142. The summed E-state index contributed by atoms with van der Waals surface area (Å²) in [7, 11) is -3.17. The van der Waals surface area contributed by atoms with Gasteiger partial charge in [0.2, 0.25) is 7.29 Å². The van der Waals surface area contributed by atoms with Crippen LogP contribution < -0.4 is 15.7 Å². The SMILES string of the molecule is CCCC/C=C/C(NP(=O)(c1ccccc1)c1ccccc1)c1ccc([N+](=O)[O-])cc1. The lowest BCUT2D eigenvalue weighted by atomic mass is 10.1. The molecule has 3 rings (SSSR count). The maximum Gasteiger partial charge on any atom is 0.269 e. The van der Waals surface area contributed by atoms with Gasteiger partial charge in [-0.1, -0.05) is 80.4 Å². The number of nitrogens with one attached hydrogen (secondary N) is 1. The van der Waals surface area contributed by atoms with Crippen LogP contribution in [-0.4, -0.2) is 4.92 Å². The smallest absolute Gasteiger partial charge is 0.269 e. The molecule has 0 fully saturated rings. The molecule has 0 amide bonds. The van der Waals surface area contributed by atoms with E-state index in [0.29, 0.717) is 0 Å². The van der Waals surface area contributed by atoms with Crippen LogP contribution in [0.2, 0.25) is 0 Å². The van der Waals surface area contributed by atoms with Gasteiger partial charge in [-0.25, -0.2) is 5.09 Å². The second-order valence-electron chi connectivity index (χ2n) is 7.31. The van der Waals surface area contributed by atoms with Crippen molar-refractivity contribution >= 4 is 23.6 Å². The number of hydrogen-bond donors (Lipinski definition) is 1. The summed E-state index contributed by atoms with van der Waals surface area (Å²) in [5.74, 6) is 0. The van der Waals surface area contributed by atoms with Gasteiger partial charge in [0, 0.05) is 22.7 Å². The minimum absolute atomic E-state index is 0.0340. The first kappa shape index (κ1) is 22.7. The fourth-order valence-electron chi connectivity index (χ4n) is 3.36. The van der Waals surface area contributed by atoms with E-state index in [4.69, 9.17) is 0 Å². The Labute approximate surface area is 183 Å². The summed E-state index contributed by atoms with van der Waals surface area (Å²) >= 11 is 0. The van der Waals surface area contributed by atoms with Crippen LogP contribution in [0.4, 0.5) is 5.69 Å². The molecule has 3 aromatic rings. The van der Waals surface area contributed by atoms with Gasteiger partial charge in [0.05, 0.1) is 11.0 Å². The van der Waals surface area contributed by atoms with E-state index < -0.39 is 12.2 Å². The van der Waals surface area contributed by atoms with Crippen molar-refractivity contribution in [3.05, 3.63) is 113 Å². The van der Waals surface area contributed by atoms with Crippen LogP contribution in [-0.2, 0) is 4.57 Å². The van der Waals surface area contributed by atoms with Crippen LogP contribution >= 0.6 is 7.29 Å².